The number of rotatable bonds is 10. The van der Waals surface area contributed by atoms with Gasteiger partial charge in [0.25, 0.3) is 11.8 Å². The summed E-state index contributed by atoms with van der Waals surface area (Å²) in [6.45, 7) is 1.34. The van der Waals surface area contributed by atoms with Crippen molar-refractivity contribution in [2.24, 2.45) is 0 Å². The van der Waals surface area contributed by atoms with Gasteiger partial charge in [-0.2, -0.15) is 26.3 Å². The number of nitrogens with one attached hydrogen (secondary N) is 3. The fourth-order valence-electron chi connectivity index (χ4n) is 5.43. The van der Waals surface area contributed by atoms with Gasteiger partial charge in [-0.3, -0.25) is 9.59 Å². The maximum absolute atomic E-state index is 13.9. The van der Waals surface area contributed by atoms with Crippen LogP contribution < -0.4 is 25.6 Å². The van der Waals surface area contributed by atoms with Crippen LogP contribution in [0.4, 0.5) is 47.8 Å². The number of halogens is 7. The van der Waals surface area contributed by atoms with E-state index in [1.807, 2.05) is 4.90 Å². The molecule has 1 fully saturated rings. The zero-order chi connectivity index (χ0) is 36.6. The van der Waals surface area contributed by atoms with E-state index in [4.69, 9.17) is 4.74 Å². The fourth-order valence-corrected chi connectivity index (χ4v) is 7.01. The van der Waals surface area contributed by atoms with Gasteiger partial charge in [0.2, 0.25) is 0 Å². The molecule has 0 spiro atoms. The Balaban J connectivity index is 1.46. The van der Waals surface area contributed by atoms with Crippen LogP contribution in [0.15, 0.2) is 54.6 Å². The summed E-state index contributed by atoms with van der Waals surface area (Å²) in [5.74, 6) is -3.34. The van der Waals surface area contributed by atoms with Crippen LogP contribution in [0, 0.1) is 5.82 Å². The molecule has 1 aromatic heterocycles. The largest absolute Gasteiger partial charge is 0.496 e. The van der Waals surface area contributed by atoms with Crippen LogP contribution in [0.3, 0.4) is 0 Å². The Morgan fingerprint density at radius 2 is 1.70 bits per heavy atom. The minimum atomic E-state index is -5.08. The Kier molecular flexibility index (Phi) is 10.4. The van der Waals surface area contributed by atoms with Gasteiger partial charge in [0, 0.05) is 53.4 Å². The lowest BCUT2D eigenvalue weighted by Crippen LogP contribution is -2.35. The number of carbonyl (C=O) groups is 2. The Hall–Kier alpha value is -4.42. The Morgan fingerprint density at radius 1 is 0.960 bits per heavy atom. The second-order valence-corrected chi connectivity index (χ2v) is 14.8. The molecular weight excluding hydrogens is 717 g/mol. The summed E-state index contributed by atoms with van der Waals surface area (Å²) in [6, 6.07) is 9.13. The molecule has 0 aliphatic carbocycles. The predicted octanol–water partition coefficient (Wildman–Crippen LogP) is 6.80. The van der Waals surface area contributed by atoms with Gasteiger partial charge in [0.1, 0.15) is 26.3 Å². The topological polar surface area (TPSA) is 117 Å². The highest BCUT2D eigenvalue weighted by molar-refractivity contribution is 7.90. The molecule has 50 heavy (non-hydrogen) atoms. The van der Waals surface area contributed by atoms with E-state index in [0.29, 0.717) is 48.7 Å². The zero-order valence-corrected chi connectivity index (χ0v) is 27.9. The minimum absolute atomic E-state index is 0.00413. The maximum Gasteiger partial charge on any atom is 0.419 e. The molecule has 1 aliphatic rings. The van der Waals surface area contributed by atoms with Gasteiger partial charge in [-0.25, -0.2) is 12.8 Å². The number of hydrogen-bond donors (Lipinski definition) is 3. The first kappa shape index (κ1) is 36.9. The molecule has 268 valence electrons. The molecule has 3 aromatic carbocycles. The van der Waals surface area contributed by atoms with Gasteiger partial charge >= 0.3 is 12.4 Å². The summed E-state index contributed by atoms with van der Waals surface area (Å²) in [5.41, 5.74) is -2.71. The van der Waals surface area contributed by atoms with E-state index in [9.17, 15) is 48.7 Å². The van der Waals surface area contributed by atoms with Crippen LogP contribution in [0.2, 0.25) is 0 Å². The number of anilines is 3. The lowest BCUT2D eigenvalue weighted by atomic mass is 10.1. The first-order valence-electron chi connectivity index (χ1n) is 14.8. The Bertz CT molecular complexity index is 2050. The smallest absolute Gasteiger partial charge is 0.419 e. The summed E-state index contributed by atoms with van der Waals surface area (Å²) in [6.07, 6.45) is -7.98. The van der Waals surface area contributed by atoms with Crippen molar-refractivity contribution in [1.82, 2.24) is 5.32 Å². The molecule has 18 heteroatoms. The third-order valence-electron chi connectivity index (χ3n) is 7.88. The van der Waals surface area contributed by atoms with Crippen molar-refractivity contribution in [3.05, 3.63) is 82.0 Å². The van der Waals surface area contributed by atoms with E-state index in [1.54, 1.807) is 6.07 Å². The molecular formula is C32H29F7N4O5S2. The van der Waals surface area contributed by atoms with Crippen molar-refractivity contribution in [2.45, 2.75) is 24.8 Å². The molecule has 2 amide bonds. The van der Waals surface area contributed by atoms with Gasteiger partial charge in [-0.1, -0.05) is 6.07 Å². The molecule has 1 unspecified atom stereocenters. The summed E-state index contributed by atoms with van der Waals surface area (Å²) < 4.78 is 123. The van der Waals surface area contributed by atoms with Gasteiger partial charge in [0.15, 0.2) is 0 Å². The van der Waals surface area contributed by atoms with Crippen LogP contribution in [-0.2, 0) is 22.2 Å². The Morgan fingerprint density at radius 3 is 2.36 bits per heavy atom. The number of fused-ring (bicyclic) bond motifs is 1. The second-order valence-electron chi connectivity index (χ2n) is 11.5. The summed E-state index contributed by atoms with van der Waals surface area (Å²) >= 11 is 0.566. The molecule has 1 saturated heterocycles. The van der Waals surface area contributed by atoms with Crippen molar-refractivity contribution < 1.29 is 53.5 Å². The van der Waals surface area contributed by atoms with Crippen molar-refractivity contribution >= 4 is 60.1 Å². The molecule has 2 heterocycles. The first-order valence-corrected chi connectivity index (χ1v) is 17.7. The lowest BCUT2D eigenvalue weighted by Gasteiger charge is -2.21. The standard InChI is InChI=1S/C32H29F7N4O5S2/c1-48-25-8-5-20(43-11-9-19(16-43)40-10-12-50(2,46)47)15-22(25)29(44)42-27-21-6-3-17(31(34,35)36)13-26(21)49-28(27)30(45)41-18-4-7-24(33)23(14-18)32(37,38)39/h3-8,13-15,19,40H,9-12,16H2,1-2H3,(H,41,45)(H,42,44). The molecule has 1 aliphatic heterocycles. The number of amides is 2. The van der Waals surface area contributed by atoms with E-state index in [0.717, 1.165) is 30.5 Å². The second kappa shape index (κ2) is 14.1. The average Bonchev–Trinajstić information content (AvgIpc) is 3.65. The third kappa shape index (κ3) is 8.47. The monoisotopic (exact) mass is 746 g/mol. The van der Waals surface area contributed by atoms with Crippen LogP contribution in [-0.4, -0.2) is 65.0 Å². The van der Waals surface area contributed by atoms with Crippen molar-refractivity contribution in [3.63, 3.8) is 0 Å². The number of alkyl halides is 6. The molecule has 9 nitrogen and oxygen atoms in total. The van der Waals surface area contributed by atoms with Crippen LogP contribution >= 0.6 is 11.3 Å². The molecule has 4 aromatic rings. The summed E-state index contributed by atoms with van der Waals surface area (Å²) in [5, 5.41) is 8.05. The van der Waals surface area contributed by atoms with Crippen molar-refractivity contribution in [3.8, 4) is 5.75 Å². The van der Waals surface area contributed by atoms with E-state index >= 15 is 0 Å². The van der Waals surface area contributed by atoms with Crippen molar-refractivity contribution in [2.75, 3.05) is 54.3 Å². The third-order valence-corrected chi connectivity index (χ3v) is 9.98. The molecule has 1 atom stereocenters. The fraction of sp³-hybridized carbons (Fsp3) is 0.312. The number of benzene rings is 3. The SMILES string of the molecule is COc1ccc(N2CCC(NCCS(C)(=O)=O)C2)cc1C(=O)Nc1c(C(=O)Nc2ccc(F)c(C(F)(F)F)c2)sc2cc(C(F)(F)F)ccc12. The maximum atomic E-state index is 13.9. The average molecular weight is 747 g/mol. The number of carbonyl (C=O) groups excluding carboxylic acids is 2. The first-order chi connectivity index (χ1) is 23.3. The summed E-state index contributed by atoms with van der Waals surface area (Å²) in [4.78, 5) is 28.9. The van der Waals surface area contributed by atoms with Gasteiger partial charge < -0.3 is 25.6 Å². The number of nitrogens with zero attached hydrogens (tertiary/aromatic N) is 1. The molecule has 0 saturated carbocycles. The van der Waals surface area contributed by atoms with E-state index in [-0.39, 0.29) is 50.3 Å². The summed E-state index contributed by atoms with van der Waals surface area (Å²) in [7, 11) is -1.83. The number of thiophene rings is 1. The predicted molar refractivity (Wildman–Crippen MR) is 175 cm³/mol. The number of hydrogen-bond acceptors (Lipinski definition) is 8. The number of methoxy groups -OCH3 is 1. The van der Waals surface area contributed by atoms with E-state index < -0.39 is 56.6 Å². The van der Waals surface area contributed by atoms with E-state index in [2.05, 4.69) is 16.0 Å². The van der Waals surface area contributed by atoms with Gasteiger partial charge in [-0.15, -0.1) is 11.3 Å². The van der Waals surface area contributed by atoms with Crippen LogP contribution in [0.1, 0.15) is 37.6 Å². The highest BCUT2D eigenvalue weighted by atomic mass is 32.2. The van der Waals surface area contributed by atoms with Crippen LogP contribution in [0.25, 0.3) is 10.1 Å². The quantitative estimate of drug-likeness (QED) is 0.153. The lowest BCUT2D eigenvalue weighted by molar-refractivity contribution is -0.140. The number of ether oxygens (including phenoxy) is 1. The molecule has 0 bridgehead atoms. The van der Waals surface area contributed by atoms with Gasteiger partial charge in [-0.05, 0) is 55.0 Å². The Labute approximate surface area is 285 Å². The normalized spacial score (nSPS) is 15.4. The number of sulfone groups is 1. The molecule has 3 N–H and O–H groups in total. The minimum Gasteiger partial charge on any atom is -0.496 e. The van der Waals surface area contributed by atoms with E-state index in [1.165, 1.54) is 19.2 Å². The highest BCUT2D eigenvalue weighted by Crippen LogP contribution is 2.41. The van der Waals surface area contributed by atoms with Gasteiger partial charge in [0.05, 0.1) is 35.2 Å². The molecule has 5 rings (SSSR count). The zero-order valence-electron chi connectivity index (χ0n) is 26.3. The van der Waals surface area contributed by atoms with Crippen LogP contribution in [0.5, 0.6) is 5.75 Å². The highest BCUT2D eigenvalue weighted by Gasteiger charge is 2.35. The molecule has 0 radical (unpaired) electrons. The van der Waals surface area contributed by atoms with Crippen molar-refractivity contribution in [1.29, 1.82) is 0 Å².